The van der Waals surface area contributed by atoms with Gasteiger partial charge in [0.05, 0.1) is 5.41 Å². The number of nitrogens with zero attached hydrogens (tertiary/aromatic N) is 1. The van der Waals surface area contributed by atoms with Gasteiger partial charge in [0, 0.05) is 28.0 Å². The SMILES string of the molecule is C=CCn1c2c(c3cc(C(C)(C)C)ccc31)=CC(C=O)(C(C)(C)C)CC=2. The number of hydrogen-bond acceptors (Lipinski definition) is 1. The van der Waals surface area contributed by atoms with Gasteiger partial charge in [-0.3, -0.25) is 0 Å². The van der Waals surface area contributed by atoms with Crippen molar-refractivity contribution in [2.75, 3.05) is 0 Å². The van der Waals surface area contributed by atoms with Crippen LogP contribution in [-0.2, 0) is 16.8 Å². The maximum Gasteiger partial charge on any atom is 0.130 e. The van der Waals surface area contributed by atoms with Crippen molar-refractivity contribution in [2.24, 2.45) is 10.8 Å². The Labute approximate surface area is 156 Å². The van der Waals surface area contributed by atoms with Gasteiger partial charge in [0.15, 0.2) is 0 Å². The number of rotatable bonds is 3. The molecule has 1 heterocycles. The van der Waals surface area contributed by atoms with Crippen LogP contribution in [0.5, 0.6) is 0 Å². The molecule has 1 aliphatic carbocycles. The van der Waals surface area contributed by atoms with E-state index in [0.29, 0.717) is 0 Å². The Morgan fingerprint density at radius 3 is 2.42 bits per heavy atom. The van der Waals surface area contributed by atoms with Gasteiger partial charge in [0.25, 0.3) is 0 Å². The standard InChI is InChI=1S/C24H31NO/c1-8-13-25-20-10-9-17(22(2,3)4)14-18(20)19-15-24(16-26,23(5,6)7)12-11-21(19)25/h8-11,14-16H,1,12-13H2,2-7H3. The van der Waals surface area contributed by atoms with Gasteiger partial charge < -0.3 is 9.36 Å². The average Bonchev–Trinajstić information content (AvgIpc) is 2.86. The molecule has 0 spiro atoms. The van der Waals surface area contributed by atoms with Crippen molar-refractivity contribution in [3.8, 4) is 0 Å². The highest BCUT2D eigenvalue weighted by molar-refractivity contribution is 5.86. The summed E-state index contributed by atoms with van der Waals surface area (Å²) in [4.78, 5) is 12.2. The third-order valence-electron chi connectivity index (χ3n) is 5.96. The first-order valence-corrected chi connectivity index (χ1v) is 9.47. The molecule has 1 unspecified atom stereocenters. The van der Waals surface area contributed by atoms with Crippen molar-refractivity contribution in [3.63, 3.8) is 0 Å². The monoisotopic (exact) mass is 349 g/mol. The normalized spacial score (nSPS) is 20.2. The topological polar surface area (TPSA) is 22.0 Å². The van der Waals surface area contributed by atoms with Gasteiger partial charge in [0.2, 0.25) is 0 Å². The van der Waals surface area contributed by atoms with E-state index in [1.54, 1.807) is 0 Å². The molecule has 0 fully saturated rings. The van der Waals surface area contributed by atoms with Crippen molar-refractivity contribution in [2.45, 2.75) is 59.9 Å². The van der Waals surface area contributed by atoms with Crippen LogP contribution in [-0.4, -0.2) is 10.9 Å². The fourth-order valence-corrected chi connectivity index (χ4v) is 3.93. The molecule has 0 amide bonds. The molecule has 0 aliphatic heterocycles. The Bertz CT molecular complexity index is 992. The third-order valence-corrected chi connectivity index (χ3v) is 5.96. The Morgan fingerprint density at radius 1 is 1.19 bits per heavy atom. The van der Waals surface area contributed by atoms with Crippen LogP contribution < -0.4 is 10.6 Å². The van der Waals surface area contributed by atoms with Gasteiger partial charge in [-0.05, 0) is 34.9 Å². The molecule has 0 bridgehead atoms. The Hall–Kier alpha value is -2.09. The maximum atomic E-state index is 12.2. The summed E-state index contributed by atoms with van der Waals surface area (Å²) in [7, 11) is 0. The first-order valence-electron chi connectivity index (χ1n) is 9.47. The van der Waals surface area contributed by atoms with E-state index in [9.17, 15) is 4.79 Å². The summed E-state index contributed by atoms with van der Waals surface area (Å²) in [5.74, 6) is 0. The first kappa shape index (κ1) is 18.7. The molecule has 0 saturated carbocycles. The third kappa shape index (κ3) is 2.76. The van der Waals surface area contributed by atoms with Crippen LogP contribution in [0.2, 0.25) is 0 Å². The minimum Gasteiger partial charge on any atom is -0.337 e. The second kappa shape index (κ2) is 5.97. The zero-order chi connectivity index (χ0) is 19.3. The molecule has 0 N–H and O–H groups in total. The van der Waals surface area contributed by atoms with Crippen LogP contribution in [0, 0.1) is 10.8 Å². The first-order chi connectivity index (χ1) is 12.0. The van der Waals surface area contributed by atoms with Gasteiger partial charge in [-0.25, -0.2) is 0 Å². The molecule has 1 aromatic carbocycles. The lowest BCUT2D eigenvalue weighted by atomic mass is 9.64. The number of carbonyl (C=O) groups is 1. The Balaban J connectivity index is 2.44. The molecule has 0 radical (unpaired) electrons. The van der Waals surface area contributed by atoms with Crippen molar-refractivity contribution < 1.29 is 4.79 Å². The maximum absolute atomic E-state index is 12.2. The fourth-order valence-electron chi connectivity index (χ4n) is 3.93. The molecule has 1 atom stereocenters. The molecular weight excluding hydrogens is 318 g/mol. The summed E-state index contributed by atoms with van der Waals surface area (Å²) >= 11 is 0. The van der Waals surface area contributed by atoms with Gasteiger partial charge in [-0.2, -0.15) is 0 Å². The highest BCUT2D eigenvalue weighted by Gasteiger charge is 2.40. The van der Waals surface area contributed by atoms with E-state index < -0.39 is 5.41 Å². The Kier molecular flexibility index (Phi) is 4.29. The predicted octanol–water partition coefficient (Wildman–Crippen LogP) is 4.32. The lowest BCUT2D eigenvalue weighted by Gasteiger charge is -2.38. The molecule has 26 heavy (non-hydrogen) atoms. The molecule has 2 nitrogen and oxygen atoms in total. The number of allylic oxidation sites excluding steroid dienone is 1. The quantitative estimate of drug-likeness (QED) is 0.597. The van der Waals surface area contributed by atoms with Crippen LogP contribution in [0.3, 0.4) is 0 Å². The van der Waals surface area contributed by atoms with E-state index in [2.05, 4.69) is 83.0 Å². The molecule has 1 aromatic heterocycles. The highest BCUT2D eigenvalue weighted by Crippen LogP contribution is 2.43. The van der Waals surface area contributed by atoms with Crippen LogP contribution >= 0.6 is 0 Å². The molecule has 3 rings (SSSR count). The second-order valence-electron chi connectivity index (χ2n) is 9.64. The number of benzene rings is 1. The number of fused-ring (bicyclic) bond motifs is 3. The zero-order valence-corrected chi connectivity index (χ0v) is 17.0. The average molecular weight is 350 g/mol. The summed E-state index contributed by atoms with van der Waals surface area (Å²) in [6.07, 6.45) is 8.30. The summed E-state index contributed by atoms with van der Waals surface area (Å²) in [5.41, 5.74) is 2.02. The molecular formula is C24H31NO. The minimum absolute atomic E-state index is 0.0891. The zero-order valence-electron chi connectivity index (χ0n) is 17.0. The molecule has 2 aromatic rings. The van der Waals surface area contributed by atoms with Crippen LogP contribution in [0.25, 0.3) is 23.1 Å². The summed E-state index contributed by atoms with van der Waals surface area (Å²) < 4.78 is 2.32. The van der Waals surface area contributed by atoms with Crippen molar-refractivity contribution >= 4 is 29.3 Å². The van der Waals surface area contributed by atoms with Crippen LogP contribution in [0.15, 0.2) is 30.9 Å². The van der Waals surface area contributed by atoms with Crippen molar-refractivity contribution in [1.29, 1.82) is 0 Å². The number of aldehydes is 1. The van der Waals surface area contributed by atoms with Gasteiger partial charge in [0.1, 0.15) is 6.29 Å². The second-order valence-corrected chi connectivity index (χ2v) is 9.64. The van der Waals surface area contributed by atoms with Gasteiger partial charge in [-0.15, -0.1) is 6.58 Å². The minimum atomic E-state index is -0.467. The lowest BCUT2D eigenvalue weighted by Crippen LogP contribution is -2.43. The van der Waals surface area contributed by atoms with Gasteiger partial charge in [-0.1, -0.05) is 65.8 Å². The number of aromatic nitrogens is 1. The van der Waals surface area contributed by atoms with Gasteiger partial charge >= 0.3 is 0 Å². The largest absolute Gasteiger partial charge is 0.337 e. The molecule has 2 heteroatoms. The summed E-state index contributed by atoms with van der Waals surface area (Å²) in [5, 5.41) is 3.65. The van der Waals surface area contributed by atoms with E-state index >= 15 is 0 Å². The predicted molar refractivity (Wildman–Crippen MR) is 112 cm³/mol. The molecule has 138 valence electrons. The Morgan fingerprint density at radius 2 is 1.88 bits per heavy atom. The molecule has 1 aliphatic rings. The van der Waals surface area contributed by atoms with Crippen LogP contribution in [0.1, 0.15) is 53.5 Å². The lowest BCUT2D eigenvalue weighted by molar-refractivity contribution is -0.117. The van der Waals surface area contributed by atoms with E-state index in [4.69, 9.17) is 0 Å². The van der Waals surface area contributed by atoms with E-state index in [0.717, 1.165) is 19.3 Å². The number of hydrogen-bond donors (Lipinski definition) is 0. The van der Waals surface area contributed by atoms with E-state index in [1.165, 1.54) is 27.0 Å². The number of carbonyl (C=O) groups excluding carboxylic acids is 1. The van der Waals surface area contributed by atoms with E-state index in [-0.39, 0.29) is 10.8 Å². The molecule has 0 saturated heterocycles. The van der Waals surface area contributed by atoms with E-state index in [1.807, 2.05) is 6.08 Å². The summed E-state index contributed by atoms with van der Waals surface area (Å²) in [6.45, 7) is 17.9. The van der Waals surface area contributed by atoms with Crippen molar-refractivity contribution in [3.05, 3.63) is 47.0 Å². The summed E-state index contributed by atoms with van der Waals surface area (Å²) in [6, 6.07) is 6.75. The highest BCUT2D eigenvalue weighted by atomic mass is 16.1. The van der Waals surface area contributed by atoms with Crippen LogP contribution in [0.4, 0.5) is 0 Å². The van der Waals surface area contributed by atoms with Crippen molar-refractivity contribution in [1.82, 2.24) is 4.57 Å². The smallest absolute Gasteiger partial charge is 0.130 e. The fraction of sp³-hybridized carbons (Fsp3) is 0.458.